The predicted octanol–water partition coefficient (Wildman–Crippen LogP) is 4.96. The van der Waals surface area contributed by atoms with Gasteiger partial charge in [0.2, 0.25) is 0 Å². The van der Waals surface area contributed by atoms with Crippen molar-refractivity contribution in [3.05, 3.63) is 59.9 Å². The van der Waals surface area contributed by atoms with E-state index in [1.165, 1.54) is 0 Å². The van der Waals surface area contributed by atoms with Crippen molar-refractivity contribution in [1.82, 2.24) is 9.97 Å². The number of phenolic OH excluding ortho intramolecular Hbond substituents is 1. The van der Waals surface area contributed by atoms with Gasteiger partial charge in [0.25, 0.3) is 0 Å². The van der Waals surface area contributed by atoms with Crippen LogP contribution in [0.15, 0.2) is 48.8 Å². The topological polar surface area (TPSA) is 140 Å². The van der Waals surface area contributed by atoms with Gasteiger partial charge in [-0.15, -0.1) is 0 Å². The van der Waals surface area contributed by atoms with E-state index in [9.17, 15) is 14.7 Å². The number of aromatic amines is 2. The molecule has 0 saturated heterocycles. The first-order valence-electron chi connectivity index (χ1n) is 12.0. The fourth-order valence-electron chi connectivity index (χ4n) is 3.86. The van der Waals surface area contributed by atoms with Gasteiger partial charge < -0.3 is 35.0 Å². The highest BCUT2D eigenvalue weighted by Crippen LogP contribution is 2.25. The molecule has 0 bridgehead atoms. The molecule has 0 unspecified atom stereocenters. The van der Waals surface area contributed by atoms with Gasteiger partial charge in [0.05, 0.1) is 13.2 Å². The normalized spacial score (nSPS) is 10.6. The molecule has 2 aromatic carbocycles. The molecule has 0 fully saturated rings. The van der Waals surface area contributed by atoms with Gasteiger partial charge in [-0.05, 0) is 87.2 Å². The molecule has 2 aromatic heterocycles. The summed E-state index contributed by atoms with van der Waals surface area (Å²) in [6.07, 6.45) is 5.80. The maximum absolute atomic E-state index is 11.4. The zero-order chi connectivity index (χ0) is 25.9. The average Bonchev–Trinajstić information content (AvgIpc) is 3.44. The maximum atomic E-state index is 11.4. The molecule has 0 aliphatic heterocycles. The van der Waals surface area contributed by atoms with Crippen molar-refractivity contribution in [3.63, 3.8) is 0 Å². The number of aryl methyl sites for hydroxylation is 1. The van der Waals surface area contributed by atoms with Crippen molar-refractivity contribution in [2.75, 3.05) is 19.8 Å². The van der Waals surface area contributed by atoms with E-state index in [2.05, 4.69) is 9.97 Å². The number of hydrogen-bond acceptors (Lipinski definition) is 7. The Labute approximate surface area is 209 Å². The SMILES string of the molecule is CCOC(=O)CCCc1c[nH]c2ccc(OC(=O)OCC)cc12.NCCc1c[nH]c2ccc(O)cc12. The third-order valence-corrected chi connectivity index (χ3v) is 5.50. The van der Waals surface area contributed by atoms with E-state index in [-0.39, 0.29) is 12.6 Å². The van der Waals surface area contributed by atoms with Crippen LogP contribution in [0.5, 0.6) is 11.5 Å². The molecule has 36 heavy (non-hydrogen) atoms. The van der Waals surface area contributed by atoms with Gasteiger partial charge in [-0.25, -0.2) is 4.79 Å². The van der Waals surface area contributed by atoms with E-state index in [0.29, 0.717) is 37.5 Å². The molecular formula is C27H33N3O6. The smallest absolute Gasteiger partial charge is 0.508 e. The quantitative estimate of drug-likeness (QED) is 0.190. The Morgan fingerprint density at radius 2 is 1.53 bits per heavy atom. The molecule has 0 radical (unpaired) electrons. The number of aromatic hydroxyl groups is 1. The Balaban J connectivity index is 0.000000233. The van der Waals surface area contributed by atoms with Gasteiger partial charge in [0, 0.05) is 40.6 Å². The minimum absolute atomic E-state index is 0.182. The number of carbonyl (C=O) groups is 2. The zero-order valence-electron chi connectivity index (χ0n) is 20.6. The third-order valence-electron chi connectivity index (χ3n) is 5.50. The van der Waals surface area contributed by atoms with Crippen molar-refractivity contribution >= 4 is 33.9 Å². The monoisotopic (exact) mass is 495 g/mol. The Bertz CT molecular complexity index is 1290. The average molecular weight is 496 g/mol. The summed E-state index contributed by atoms with van der Waals surface area (Å²) >= 11 is 0. The van der Waals surface area contributed by atoms with Crippen molar-refractivity contribution in [3.8, 4) is 11.5 Å². The van der Waals surface area contributed by atoms with Crippen LogP contribution < -0.4 is 10.5 Å². The zero-order valence-corrected chi connectivity index (χ0v) is 20.6. The number of ether oxygens (including phenoxy) is 3. The molecule has 0 spiro atoms. The minimum Gasteiger partial charge on any atom is -0.508 e. The first-order chi connectivity index (χ1) is 17.4. The second-order valence-corrected chi connectivity index (χ2v) is 8.05. The summed E-state index contributed by atoms with van der Waals surface area (Å²) in [6, 6.07) is 10.6. The van der Waals surface area contributed by atoms with Gasteiger partial charge in [-0.1, -0.05) is 0 Å². The Morgan fingerprint density at radius 1 is 0.889 bits per heavy atom. The number of nitrogens with two attached hydrogens (primary N) is 1. The predicted molar refractivity (Wildman–Crippen MR) is 138 cm³/mol. The largest absolute Gasteiger partial charge is 0.513 e. The standard InChI is InChI=1S/C17H21NO5.C10H12N2O/c1-3-21-16(19)7-5-6-12-11-18-15-9-8-13(10-14(12)15)23-17(20)22-4-2;11-4-3-7-6-12-10-2-1-8(13)5-9(7)10/h8-11,18H,3-7H2,1-2H3;1-2,5-6,12-13H,3-4,11H2. The van der Waals surface area contributed by atoms with Gasteiger partial charge in [0.1, 0.15) is 11.5 Å². The van der Waals surface area contributed by atoms with Crippen LogP contribution >= 0.6 is 0 Å². The Kier molecular flexibility index (Phi) is 9.76. The molecule has 0 aliphatic carbocycles. The molecule has 2 heterocycles. The molecule has 0 amide bonds. The highest BCUT2D eigenvalue weighted by atomic mass is 16.7. The van der Waals surface area contributed by atoms with Crippen molar-refractivity contribution in [2.45, 2.75) is 39.5 Å². The van der Waals surface area contributed by atoms with Crippen molar-refractivity contribution < 1.29 is 28.9 Å². The van der Waals surface area contributed by atoms with E-state index >= 15 is 0 Å². The lowest BCUT2D eigenvalue weighted by atomic mass is 10.1. The second-order valence-electron chi connectivity index (χ2n) is 8.05. The minimum atomic E-state index is -0.716. The number of aromatic nitrogens is 2. The summed E-state index contributed by atoms with van der Waals surface area (Å²) in [6.45, 7) is 4.81. The molecule has 0 saturated carbocycles. The van der Waals surface area contributed by atoms with Gasteiger partial charge in [-0.2, -0.15) is 0 Å². The number of fused-ring (bicyclic) bond motifs is 2. The highest BCUT2D eigenvalue weighted by molar-refractivity contribution is 5.85. The summed E-state index contributed by atoms with van der Waals surface area (Å²) in [5, 5.41) is 11.3. The number of carbonyl (C=O) groups excluding carboxylic acids is 2. The first-order valence-corrected chi connectivity index (χ1v) is 12.0. The van der Waals surface area contributed by atoms with Crippen LogP contribution in [0.25, 0.3) is 21.8 Å². The van der Waals surface area contributed by atoms with Crippen molar-refractivity contribution in [2.24, 2.45) is 5.73 Å². The number of hydrogen-bond donors (Lipinski definition) is 4. The summed E-state index contributed by atoms with van der Waals surface area (Å²) in [4.78, 5) is 29.1. The van der Waals surface area contributed by atoms with Crippen LogP contribution in [0.2, 0.25) is 0 Å². The molecule has 4 aromatic rings. The fraction of sp³-hybridized carbons (Fsp3) is 0.333. The molecule has 5 N–H and O–H groups in total. The second kappa shape index (κ2) is 13.2. The van der Waals surface area contributed by atoms with Crippen LogP contribution in [-0.4, -0.2) is 47.0 Å². The van der Waals surface area contributed by atoms with Gasteiger partial charge in [0.15, 0.2) is 0 Å². The van der Waals surface area contributed by atoms with E-state index < -0.39 is 6.16 Å². The number of phenols is 1. The molecule has 9 nitrogen and oxygen atoms in total. The number of H-pyrrole nitrogens is 2. The lowest BCUT2D eigenvalue weighted by Gasteiger charge is -2.05. The molecule has 0 atom stereocenters. The number of benzene rings is 2. The maximum Gasteiger partial charge on any atom is 0.513 e. The van der Waals surface area contributed by atoms with E-state index in [1.807, 2.05) is 24.5 Å². The molecule has 9 heteroatoms. The van der Waals surface area contributed by atoms with Crippen LogP contribution in [0.3, 0.4) is 0 Å². The molecular weight excluding hydrogens is 462 g/mol. The lowest BCUT2D eigenvalue weighted by Crippen LogP contribution is -2.09. The Hall–Kier alpha value is -3.98. The fourth-order valence-corrected chi connectivity index (χ4v) is 3.86. The third kappa shape index (κ3) is 7.26. The van der Waals surface area contributed by atoms with E-state index in [1.54, 1.807) is 38.1 Å². The highest BCUT2D eigenvalue weighted by Gasteiger charge is 2.10. The molecule has 0 aliphatic rings. The van der Waals surface area contributed by atoms with Crippen LogP contribution in [0, 0.1) is 0 Å². The first kappa shape index (κ1) is 26.6. The van der Waals surface area contributed by atoms with Gasteiger partial charge >= 0.3 is 12.1 Å². The van der Waals surface area contributed by atoms with Crippen LogP contribution in [0.4, 0.5) is 4.79 Å². The molecule has 192 valence electrons. The van der Waals surface area contributed by atoms with E-state index in [0.717, 1.165) is 45.8 Å². The van der Waals surface area contributed by atoms with E-state index in [4.69, 9.17) is 19.9 Å². The lowest BCUT2D eigenvalue weighted by molar-refractivity contribution is -0.143. The summed E-state index contributed by atoms with van der Waals surface area (Å²) in [5.74, 6) is 0.547. The number of nitrogens with one attached hydrogen (secondary N) is 2. The summed E-state index contributed by atoms with van der Waals surface area (Å²) in [7, 11) is 0. The number of esters is 1. The van der Waals surface area contributed by atoms with Gasteiger partial charge in [-0.3, -0.25) is 4.79 Å². The van der Waals surface area contributed by atoms with Crippen LogP contribution in [0.1, 0.15) is 37.8 Å². The number of rotatable bonds is 9. The Morgan fingerprint density at radius 3 is 2.19 bits per heavy atom. The van der Waals surface area contributed by atoms with Crippen molar-refractivity contribution in [1.29, 1.82) is 0 Å². The summed E-state index contributed by atoms with van der Waals surface area (Å²) in [5.41, 5.74) is 9.70. The molecule has 4 rings (SSSR count). The summed E-state index contributed by atoms with van der Waals surface area (Å²) < 4.78 is 14.8. The van der Waals surface area contributed by atoms with Crippen LogP contribution in [-0.2, 0) is 27.1 Å².